The first-order valence-electron chi connectivity index (χ1n) is 6.77. The SMILES string of the molecule is COc1cnc(S(=O)Cc2nc(C(F)(F)F)c(C)c(OC)c2C)[nH]1. The van der Waals surface area contributed by atoms with Gasteiger partial charge in [0.1, 0.15) is 5.75 Å². The summed E-state index contributed by atoms with van der Waals surface area (Å²) < 4.78 is 61.8. The molecule has 2 aromatic heterocycles. The molecule has 132 valence electrons. The Morgan fingerprint density at radius 2 is 1.88 bits per heavy atom. The summed E-state index contributed by atoms with van der Waals surface area (Å²) in [6.07, 6.45) is -3.29. The van der Waals surface area contributed by atoms with Gasteiger partial charge in [-0.25, -0.2) is 9.97 Å². The molecule has 1 N–H and O–H groups in total. The molecule has 0 aliphatic rings. The molecule has 1 unspecified atom stereocenters. The zero-order valence-electron chi connectivity index (χ0n) is 13.4. The quantitative estimate of drug-likeness (QED) is 0.884. The van der Waals surface area contributed by atoms with Gasteiger partial charge in [-0.1, -0.05) is 0 Å². The topological polar surface area (TPSA) is 77.1 Å². The van der Waals surface area contributed by atoms with E-state index in [1.165, 1.54) is 27.3 Å². The fraction of sp³-hybridized carbons (Fsp3) is 0.429. The van der Waals surface area contributed by atoms with Gasteiger partial charge in [0, 0.05) is 11.1 Å². The predicted octanol–water partition coefficient (Wildman–Crippen LogP) is 2.77. The molecule has 0 saturated carbocycles. The molecule has 0 amide bonds. The van der Waals surface area contributed by atoms with Gasteiger partial charge in [-0.15, -0.1) is 0 Å². The average molecular weight is 363 g/mol. The summed E-state index contributed by atoms with van der Waals surface area (Å²) in [5.74, 6) is 0.157. The van der Waals surface area contributed by atoms with Crippen LogP contribution in [-0.2, 0) is 22.7 Å². The molecule has 10 heteroatoms. The minimum atomic E-state index is -4.63. The summed E-state index contributed by atoms with van der Waals surface area (Å²) in [6, 6.07) is 0. The maximum atomic E-state index is 13.2. The number of aromatic nitrogens is 3. The molecule has 0 fully saturated rings. The highest BCUT2D eigenvalue weighted by atomic mass is 32.2. The average Bonchev–Trinajstić information content (AvgIpc) is 2.98. The summed E-state index contributed by atoms with van der Waals surface area (Å²) in [7, 11) is 0.985. The molecular weight excluding hydrogens is 347 g/mol. The highest BCUT2D eigenvalue weighted by Gasteiger charge is 2.37. The van der Waals surface area contributed by atoms with Crippen LogP contribution in [0.2, 0.25) is 0 Å². The van der Waals surface area contributed by atoms with Crippen LogP contribution in [0.3, 0.4) is 0 Å². The number of nitrogens with one attached hydrogen (secondary N) is 1. The molecule has 24 heavy (non-hydrogen) atoms. The molecular formula is C14H16F3N3O3S. The summed E-state index contributed by atoms with van der Waals surface area (Å²) >= 11 is 0. The molecule has 0 aromatic carbocycles. The molecule has 0 saturated heterocycles. The van der Waals surface area contributed by atoms with Gasteiger partial charge in [-0.05, 0) is 13.8 Å². The fourth-order valence-electron chi connectivity index (χ4n) is 2.24. The maximum Gasteiger partial charge on any atom is 0.433 e. The number of H-pyrrole nitrogens is 1. The van der Waals surface area contributed by atoms with Crippen molar-refractivity contribution in [2.45, 2.75) is 30.9 Å². The van der Waals surface area contributed by atoms with Crippen LogP contribution >= 0.6 is 0 Å². The maximum absolute atomic E-state index is 13.2. The smallest absolute Gasteiger partial charge is 0.433 e. The van der Waals surface area contributed by atoms with Gasteiger partial charge in [0.05, 0.1) is 42.7 Å². The van der Waals surface area contributed by atoms with E-state index in [4.69, 9.17) is 9.47 Å². The summed E-state index contributed by atoms with van der Waals surface area (Å²) in [5, 5.41) is 0.0983. The van der Waals surface area contributed by atoms with Crippen molar-refractivity contribution in [2.75, 3.05) is 14.2 Å². The van der Waals surface area contributed by atoms with Crippen molar-refractivity contribution in [1.82, 2.24) is 15.0 Å². The molecule has 1 atom stereocenters. The molecule has 0 radical (unpaired) electrons. The molecule has 6 nitrogen and oxygen atoms in total. The number of nitrogens with zero attached hydrogens (tertiary/aromatic N) is 2. The van der Waals surface area contributed by atoms with Crippen LogP contribution in [0.5, 0.6) is 11.6 Å². The monoisotopic (exact) mass is 363 g/mol. The Hall–Kier alpha value is -2.10. The van der Waals surface area contributed by atoms with E-state index in [9.17, 15) is 17.4 Å². The summed E-state index contributed by atoms with van der Waals surface area (Å²) in [5.41, 5.74) is -0.695. The number of methoxy groups -OCH3 is 2. The highest BCUT2D eigenvalue weighted by molar-refractivity contribution is 7.84. The summed E-state index contributed by atoms with van der Waals surface area (Å²) in [6.45, 7) is 2.87. The van der Waals surface area contributed by atoms with Gasteiger partial charge < -0.3 is 14.5 Å². The second-order valence-electron chi connectivity index (χ2n) is 4.93. The second kappa shape index (κ2) is 6.80. The summed E-state index contributed by atoms with van der Waals surface area (Å²) in [4.78, 5) is 10.2. The molecule has 2 heterocycles. The Bertz CT molecular complexity index is 775. The van der Waals surface area contributed by atoms with Crippen molar-refractivity contribution in [3.05, 3.63) is 28.7 Å². The Morgan fingerprint density at radius 3 is 2.38 bits per heavy atom. The van der Waals surface area contributed by atoms with Gasteiger partial charge in [0.2, 0.25) is 5.88 Å². The lowest BCUT2D eigenvalue weighted by molar-refractivity contribution is -0.141. The number of hydrogen-bond acceptors (Lipinski definition) is 5. The first-order chi connectivity index (χ1) is 11.2. The Labute approximate surface area is 138 Å². The zero-order valence-corrected chi connectivity index (χ0v) is 14.3. The van der Waals surface area contributed by atoms with Crippen LogP contribution in [0, 0.1) is 13.8 Å². The first kappa shape index (κ1) is 18.2. The van der Waals surface area contributed by atoms with Crippen molar-refractivity contribution in [2.24, 2.45) is 0 Å². The predicted molar refractivity (Wildman–Crippen MR) is 80.5 cm³/mol. The molecule has 0 aliphatic carbocycles. The fourth-order valence-corrected chi connectivity index (χ4v) is 3.30. The van der Waals surface area contributed by atoms with E-state index in [0.717, 1.165) is 0 Å². The number of halogens is 3. The Kier molecular flexibility index (Phi) is 5.16. The van der Waals surface area contributed by atoms with Crippen LogP contribution < -0.4 is 9.47 Å². The van der Waals surface area contributed by atoms with E-state index in [1.54, 1.807) is 6.92 Å². The molecule has 0 aliphatic heterocycles. The second-order valence-corrected chi connectivity index (χ2v) is 6.30. The van der Waals surface area contributed by atoms with E-state index in [-0.39, 0.29) is 27.9 Å². The van der Waals surface area contributed by atoms with Crippen molar-refractivity contribution in [3.63, 3.8) is 0 Å². The first-order valence-corrected chi connectivity index (χ1v) is 8.09. The third-order valence-corrected chi connectivity index (χ3v) is 4.60. The zero-order chi connectivity index (χ0) is 18.1. The standard InChI is InChI=1S/C14H16F3N3O3S/c1-7-9(6-24(21)13-18-5-10(20-13)22-3)19-12(14(15,16)17)8(2)11(7)23-4/h5H,6H2,1-4H3,(H,18,20). The molecule has 0 bridgehead atoms. The van der Waals surface area contributed by atoms with Crippen molar-refractivity contribution < 1.29 is 26.9 Å². The molecule has 2 rings (SSSR count). The van der Waals surface area contributed by atoms with Crippen molar-refractivity contribution in [1.29, 1.82) is 0 Å². The number of hydrogen-bond donors (Lipinski definition) is 1. The lowest BCUT2D eigenvalue weighted by Crippen LogP contribution is -2.15. The third-order valence-electron chi connectivity index (χ3n) is 3.42. The lowest BCUT2D eigenvalue weighted by atomic mass is 10.1. The van der Waals surface area contributed by atoms with Gasteiger partial charge in [0.25, 0.3) is 0 Å². The minimum absolute atomic E-state index is 0.0403. The van der Waals surface area contributed by atoms with Crippen LogP contribution in [0.15, 0.2) is 11.4 Å². The van der Waals surface area contributed by atoms with E-state index < -0.39 is 22.7 Å². The lowest BCUT2D eigenvalue weighted by Gasteiger charge is -2.17. The van der Waals surface area contributed by atoms with Gasteiger partial charge in [-0.3, -0.25) is 4.21 Å². The van der Waals surface area contributed by atoms with Gasteiger partial charge in [-0.2, -0.15) is 13.2 Å². The van der Waals surface area contributed by atoms with Crippen LogP contribution in [0.1, 0.15) is 22.5 Å². The van der Waals surface area contributed by atoms with E-state index >= 15 is 0 Å². The van der Waals surface area contributed by atoms with E-state index in [2.05, 4.69) is 15.0 Å². The van der Waals surface area contributed by atoms with Crippen molar-refractivity contribution >= 4 is 10.8 Å². The van der Waals surface area contributed by atoms with E-state index in [1.807, 2.05) is 0 Å². The largest absolute Gasteiger partial charge is 0.496 e. The normalized spacial score (nSPS) is 13.0. The minimum Gasteiger partial charge on any atom is -0.496 e. The Morgan fingerprint density at radius 1 is 1.21 bits per heavy atom. The van der Waals surface area contributed by atoms with Gasteiger partial charge >= 0.3 is 6.18 Å². The van der Waals surface area contributed by atoms with E-state index in [0.29, 0.717) is 11.4 Å². The number of aromatic amines is 1. The number of alkyl halides is 3. The number of rotatable bonds is 5. The number of pyridine rings is 1. The Balaban J connectivity index is 2.44. The molecule has 0 spiro atoms. The molecule has 2 aromatic rings. The van der Waals surface area contributed by atoms with Crippen LogP contribution in [-0.4, -0.2) is 33.4 Å². The number of ether oxygens (including phenoxy) is 2. The van der Waals surface area contributed by atoms with Crippen LogP contribution in [0.4, 0.5) is 13.2 Å². The number of imidazole rings is 1. The van der Waals surface area contributed by atoms with Crippen LogP contribution in [0.25, 0.3) is 0 Å². The highest BCUT2D eigenvalue weighted by Crippen LogP contribution is 2.37. The van der Waals surface area contributed by atoms with Gasteiger partial charge in [0.15, 0.2) is 10.9 Å². The van der Waals surface area contributed by atoms with Crippen molar-refractivity contribution in [3.8, 4) is 11.6 Å². The third kappa shape index (κ3) is 3.53.